The molecule has 0 aromatic rings. The van der Waals surface area contributed by atoms with E-state index < -0.39 is 0 Å². The van der Waals surface area contributed by atoms with E-state index >= 15 is 0 Å². The van der Waals surface area contributed by atoms with Crippen LogP contribution in [0.15, 0.2) is 0 Å². The van der Waals surface area contributed by atoms with Crippen molar-refractivity contribution in [3.63, 3.8) is 0 Å². The second-order valence-corrected chi connectivity index (χ2v) is 6.70. The van der Waals surface area contributed by atoms with Gasteiger partial charge in [-0.15, -0.1) is 0 Å². The maximum absolute atomic E-state index is 3.84. The van der Waals surface area contributed by atoms with Crippen molar-refractivity contribution in [2.75, 3.05) is 19.6 Å². The van der Waals surface area contributed by atoms with Gasteiger partial charge < -0.3 is 5.32 Å². The van der Waals surface area contributed by atoms with Crippen LogP contribution in [0.1, 0.15) is 59.3 Å². The third-order valence-corrected chi connectivity index (χ3v) is 4.89. The Morgan fingerprint density at radius 2 is 1.78 bits per heavy atom. The van der Waals surface area contributed by atoms with Crippen molar-refractivity contribution >= 4 is 0 Å². The summed E-state index contributed by atoms with van der Waals surface area (Å²) < 4.78 is 0. The van der Waals surface area contributed by atoms with Crippen molar-refractivity contribution in [1.82, 2.24) is 10.2 Å². The molecule has 2 nitrogen and oxygen atoms in total. The molecule has 0 aromatic heterocycles. The van der Waals surface area contributed by atoms with Crippen LogP contribution in [-0.4, -0.2) is 36.6 Å². The zero-order chi connectivity index (χ0) is 13.0. The molecule has 0 aromatic carbocycles. The molecule has 0 spiro atoms. The van der Waals surface area contributed by atoms with Crippen molar-refractivity contribution < 1.29 is 0 Å². The predicted octanol–water partition coefficient (Wildman–Crippen LogP) is 3.28. The van der Waals surface area contributed by atoms with Crippen LogP contribution in [0.2, 0.25) is 0 Å². The normalized spacial score (nSPS) is 38.8. The molecule has 2 fully saturated rings. The molecule has 0 radical (unpaired) electrons. The first-order valence-corrected chi connectivity index (χ1v) is 8.19. The van der Waals surface area contributed by atoms with Crippen molar-refractivity contribution in [1.29, 1.82) is 0 Å². The number of hydrogen-bond donors (Lipinski definition) is 1. The highest BCUT2D eigenvalue weighted by atomic mass is 15.2. The lowest BCUT2D eigenvalue weighted by Gasteiger charge is -2.47. The molecule has 1 heterocycles. The summed E-state index contributed by atoms with van der Waals surface area (Å²) in [7, 11) is 0. The van der Waals surface area contributed by atoms with E-state index in [-0.39, 0.29) is 0 Å². The van der Waals surface area contributed by atoms with Crippen LogP contribution in [0.3, 0.4) is 0 Å². The minimum Gasteiger partial charge on any atom is -0.312 e. The van der Waals surface area contributed by atoms with Crippen molar-refractivity contribution in [2.45, 2.75) is 71.4 Å². The van der Waals surface area contributed by atoms with Crippen LogP contribution >= 0.6 is 0 Å². The SMILES string of the molecule is CCCNC1CC(C)CC(C)C1N1CCCCC1. The molecular weight excluding hydrogens is 220 g/mol. The standard InChI is InChI=1S/C16H32N2/c1-4-8-17-15-12-13(2)11-14(3)16(15)18-9-6-5-7-10-18/h13-17H,4-12H2,1-3H3. The number of hydrogen-bond acceptors (Lipinski definition) is 2. The third kappa shape index (κ3) is 3.48. The highest BCUT2D eigenvalue weighted by Crippen LogP contribution is 2.33. The van der Waals surface area contributed by atoms with E-state index in [4.69, 9.17) is 0 Å². The van der Waals surface area contributed by atoms with Gasteiger partial charge in [-0.3, -0.25) is 4.90 Å². The first-order chi connectivity index (χ1) is 8.72. The molecule has 2 aliphatic rings. The Morgan fingerprint density at radius 3 is 2.44 bits per heavy atom. The molecule has 2 heteroatoms. The second kappa shape index (κ2) is 6.91. The summed E-state index contributed by atoms with van der Waals surface area (Å²) in [5.41, 5.74) is 0. The largest absolute Gasteiger partial charge is 0.312 e. The molecule has 0 amide bonds. The van der Waals surface area contributed by atoms with Crippen LogP contribution in [0.25, 0.3) is 0 Å². The Hall–Kier alpha value is -0.0800. The quantitative estimate of drug-likeness (QED) is 0.826. The molecule has 106 valence electrons. The smallest absolute Gasteiger partial charge is 0.0275 e. The topological polar surface area (TPSA) is 15.3 Å². The zero-order valence-electron chi connectivity index (χ0n) is 12.6. The van der Waals surface area contributed by atoms with Gasteiger partial charge in [-0.2, -0.15) is 0 Å². The van der Waals surface area contributed by atoms with Gasteiger partial charge in [0.05, 0.1) is 0 Å². The molecule has 1 saturated carbocycles. The summed E-state index contributed by atoms with van der Waals surface area (Å²) in [5, 5.41) is 3.84. The van der Waals surface area contributed by atoms with E-state index in [0.29, 0.717) is 0 Å². The van der Waals surface area contributed by atoms with Gasteiger partial charge in [0.15, 0.2) is 0 Å². The summed E-state index contributed by atoms with van der Waals surface area (Å²) in [6.07, 6.45) is 8.34. The average Bonchev–Trinajstić information content (AvgIpc) is 2.36. The van der Waals surface area contributed by atoms with Gasteiger partial charge in [-0.1, -0.05) is 27.2 Å². The molecule has 0 bridgehead atoms. The fraction of sp³-hybridized carbons (Fsp3) is 1.00. The van der Waals surface area contributed by atoms with E-state index in [2.05, 4.69) is 31.0 Å². The summed E-state index contributed by atoms with van der Waals surface area (Å²) in [5.74, 6) is 1.76. The van der Waals surface area contributed by atoms with Gasteiger partial charge in [0.25, 0.3) is 0 Å². The maximum Gasteiger partial charge on any atom is 0.0275 e. The Kier molecular flexibility index (Phi) is 5.50. The molecular formula is C16H32N2. The predicted molar refractivity (Wildman–Crippen MR) is 78.9 cm³/mol. The molecule has 1 N–H and O–H groups in total. The third-order valence-electron chi connectivity index (χ3n) is 4.89. The molecule has 18 heavy (non-hydrogen) atoms. The fourth-order valence-electron chi connectivity index (χ4n) is 4.20. The fourth-order valence-corrected chi connectivity index (χ4v) is 4.20. The highest BCUT2D eigenvalue weighted by Gasteiger charge is 2.37. The van der Waals surface area contributed by atoms with Crippen LogP contribution < -0.4 is 5.32 Å². The summed E-state index contributed by atoms with van der Waals surface area (Å²) in [6.45, 7) is 11.1. The second-order valence-electron chi connectivity index (χ2n) is 6.70. The maximum atomic E-state index is 3.84. The minimum absolute atomic E-state index is 0.738. The van der Waals surface area contributed by atoms with Crippen molar-refractivity contribution in [2.24, 2.45) is 11.8 Å². The minimum atomic E-state index is 0.738. The van der Waals surface area contributed by atoms with Gasteiger partial charge in [0.1, 0.15) is 0 Å². The van der Waals surface area contributed by atoms with E-state index in [0.717, 1.165) is 23.9 Å². The van der Waals surface area contributed by atoms with Crippen LogP contribution in [-0.2, 0) is 0 Å². The van der Waals surface area contributed by atoms with Gasteiger partial charge in [0.2, 0.25) is 0 Å². The van der Waals surface area contributed by atoms with Gasteiger partial charge in [-0.05, 0) is 63.6 Å². The summed E-state index contributed by atoms with van der Waals surface area (Å²) in [6, 6.07) is 1.54. The molecule has 4 atom stereocenters. The molecule has 2 rings (SSSR count). The number of rotatable bonds is 4. The van der Waals surface area contributed by atoms with Crippen LogP contribution in [0, 0.1) is 11.8 Å². The zero-order valence-corrected chi connectivity index (χ0v) is 12.6. The highest BCUT2D eigenvalue weighted by molar-refractivity contribution is 4.94. The van der Waals surface area contributed by atoms with Crippen molar-refractivity contribution in [3.05, 3.63) is 0 Å². The monoisotopic (exact) mass is 252 g/mol. The van der Waals surface area contributed by atoms with Crippen molar-refractivity contribution in [3.8, 4) is 0 Å². The van der Waals surface area contributed by atoms with Gasteiger partial charge >= 0.3 is 0 Å². The van der Waals surface area contributed by atoms with E-state index in [1.165, 1.54) is 58.2 Å². The number of likely N-dealkylation sites (tertiary alicyclic amines) is 1. The first kappa shape index (κ1) is 14.3. The molecule has 4 unspecified atom stereocenters. The Labute approximate surface area is 114 Å². The van der Waals surface area contributed by atoms with Gasteiger partial charge in [0, 0.05) is 12.1 Å². The lowest BCUT2D eigenvalue weighted by molar-refractivity contribution is 0.0480. The Bertz CT molecular complexity index is 235. The average molecular weight is 252 g/mol. The van der Waals surface area contributed by atoms with E-state index in [1.54, 1.807) is 0 Å². The van der Waals surface area contributed by atoms with Gasteiger partial charge in [-0.25, -0.2) is 0 Å². The number of nitrogens with one attached hydrogen (secondary N) is 1. The Balaban J connectivity index is 2.00. The van der Waals surface area contributed by atoms with E-state index in [1.807, 2.05) is 0 Å². The van der Waals surface area contributed by atoms with Crippen LogP contribution in [0.5, 0.6) is 0 Å². The summed E-state index contributed by atoms with van der Waals surface area (Å²) >= 11 is 0. The lowest BCUT2D eigenvalue weighted by Crippen LogP contribution is -2.57. The molecule has 1 aliphatic carbocycles. The summed E-state index contributed by atoms with van der Waals surface area (Å²) in [4.78, 5) is 2.80. The molecule has 1 saturated heterocycles. The lowest BCUT2D eigenvalue weighted by atomic mass is 9.75. The Morgan fingerprint density at radius 1 is 1.06 bits per heavy atom. The first-order valence-electron chi connectivity index (χ1n) is 8.19. The molecule has 1 aliphatic heterocycles. The van der Waals surface area contributed by atoms with E-state index in [9.17, 15) is 0 Å². The number of piperidine rings is 1. The van der Waals surface area contributed by atoms with Crippen LogP contribution in [0.4, 0.5) is 0 Å². The number of nitrogens with zero attached hydrogens (tertiary/aromatic N) is 1.